The first-order chi connectivity index (χ1) is 13.3. The van der Waals surface area contributed by atoms with E-state index < -0.39 is 23.9 Å². The van der Waals surface area contributed by atoms with Crippen LogP contribution in [0.3, 0.4) is 0 Å². The van der Waals surface area contributed by atoms with Crippen molar-refractivity contribution in [1.29, 1.82) is 0 Å². The predicted molar refractivity (Wildman–Crippen MR) is 94.0 cm³/mol. The molecule has 9 heteroatoms. The van der Waals surface area contributed by atoms with E-state index in [9.17, 15) is 23.2 Å². The van der Waals surface area contributed by atoms with E-state index in [0.29, 0.717) is 23.3 Å². The molecule has 0 saturated carbocycles. The van der Waals surface area contributed by atoms with Crippen molar-refractivity contribution in [3.8, 4) is 5.75 Å². The fourth-order valence-corrected chi connectivity index (χ4v) is 3.95. The van der Waals surface area contributed by atoms with Gasteiger partial charge in [-0.15, -0.1) is 0 Å². The molecule has 150 valence electrons. The number of hydrogen-bond donors (Lipinski definition) is 2. The summed E-state index contributed by atoms with van der Waals surface area (Å²) in [6.07, 6.45) is 0.0690. The van der Waals surface area contributed by atoms with Gasteiger partial charge < -0.3 is 15.0 Å². The highest BCUT2D eigenvalue weighted by molar-refractivity contribution is 6.05. The van der Waals surface area contributed by atoms with E-state index in [2.05, 4.69) is 10.6 Å². The highest BCUT2D eigenvalue weighted by Crippen LogP contribution is 2.31. The molecular weight excluding hydrogens is 372 g/mol. The Labute approximate surface area is 160 Å². The molecule has 2 fully saturated rings. The molecule has 0 radical (unpaired) electrons. The van der Waals surface area contributed by atoms with E-state index in [1.54, 1.807) is 18.2 Å². The maximum Gasteiger partial charge on any atom is 0.255 e. The smallest absolute Gasteiger partial charge is 0.255 e. The number of carbonyl (C=O) groups excluding carboxylic acids is 3. The summed E-state index contributed by atoms with van der Waals surface area (Å²) in [6, 6.07) is 3.86. The molecule has 1 aromatic carbocycles. The summed E-state index contributed by atoms with van der Waals surface area (Å²) in [7, 11) is 0. The third kappa shape index (κ3) is 3.71. The maximum absolute atomic E-state index is 13.5. The van der Waals surface area contributed by atoms with Crippen LogP contribution < -0.4 is 15.4 Å². The second-order valence-corrected chi connectivity index (χ2v) is 7.49. The predicted octanol–water partition coefficient (Wildman–Crippen LogP) is 1.21. The topological polar surface area (TPSA) is 87.7 Å². The molecule has 2 unspecified atom stereocenters. The van der Waals surface area contributed by atoms with Crippen molar-refractivity contribution < 1.29 is 27.9 Å². The molecule has 4 rings (SSSR count). The molecule has 1 aromatic rings. The van der Waals surface area contributed by atoms with Crippen LogP contribution in [0, 0.1) is 0 Å². The van der Waals surface area contributed by atoms with Crippen LogP contribution >= 0.6 is 0 Å². The van der Waals surface area contributed by atoms with Gasteiger partial charge in [0.05, 0.1) is 0 Å². The van der Waals surface area contributed by atoms with Crippen molar-refractivity contribution in [1.82, 2.24) is 15.5 Å². The van der Waals surface area contributed by atoms with Crippen molar-refractivity contribution in [3.63, 3.8) is 0 Å². The largest absolute Gasteiger partial charge is 0.492 e. The van der Waals surface area contributed by atoms with Crippen LogP contribution in [-0.2, 0) is 16.1 Å². The van der Waals surface area contributed by atoms with Gasteiger partial charge in [0, 0.05) is 44.0 Å². The molecule has 0 spiro atoms. The van der Waals surface area contributed by atoms with Crippen LogP contribution in [-0.4, -0.2) is 53.8 Å². The van der Waals surface area contributed by atoms with Crippen LogP contribution in [0.5, 0.6) is 5.75 Å². The number of rotatable bonds is 4. The van der Waals surface area contributed by atoms with Crippen molar-refractivity contribution >= 4 is 17.7 Å². The second kappa shape index (κ2) is 7.12. The summed E-state index contributed by atoms with van der Waals surface area (Å²) in [4.78, 5) is 37.5. The van der Waals surface area contributed by atoms with Crippen molar-refractivity contribution in [3.05, 3.63) is 29.3 Å². The molecule has 3 heterocycles. The number of ether oxygens (including phenoxy) is 1. The van der Waals surface area contributed by atoms with E-state index in [1.807, 2.05) is 0 Å². The molecule has 2 atom stereocenters. The molecule has 7 nitrogen and oxygen atoms in total. The average molecular weight is 393 g/mol. The Hall–Kier alpha value is -2.55. The zero-order valence-electron chi connectivity index (χ0n) is 15.2. The Morgan fingerprint density at radius 1 is 1.25 bits per heavy atom. The first-order valence-electron chi connectivity index (χ1n) is 9.34. The molecule has 3 amide bonds. The van der Waals surface area contributed by atoms with Crippen LogP contribution in [0.2, 0.25) is 0 Å². The van der Waals surface area contributed by atoms with Gasteiger partial charge in [-0.1, -0.05) is 0 Å². The molecule has 0 aliphatic carbocycles. The summed E-state index contributed by atoms with van der Waals surface area (Å²) in [5, 5.41) is 5.29. The van der Waals surface area contributed by atoms with Gasteiger partial charge >= 0.3 is 0 Å². The molecule has 2 saturated heterocycles. The average Bonchev–Trinajstić information content (AvgIpc) is 2.95. The second-order valence-electron chi connectivity index (χ2n) is 7.49. The van der Waals surface area contributed by atoms with Crippen LogP contribution in [0.1, 0.15) is 41.6 Å². The molecule has 2 N–H and O–H groups in total. The zero-order chi connectivity index (χ0) is 19.9. The van der Waals surface area contributed by atoms with Gasteiger partial charge in [0.15, 0.2) is 0 Å². The highest BCUT2D eigenvalue weighted by Gasteiger charge is 2.39. The van der Waals surface area contributed by atoms with Crippen molar-refractivity contribution in [2.75, 3.05) is 13.2 Å². The lowest BCUT2D eigenvalue weighted by atomic mass is 10.0. The first-order valence-corrected chi connectivity index (χ1v) is 9.34. The fraction of sp³-hybridized carbons (Fsp3) is 0.526. The van der Waals surface area contributed by atoms with Gasteiger partial charge in [-0.05, 0) is 30.2 Å². The summed E-state index contributed by atoms with van der Waals surface area (Å²) in [5.41, 5.74) is 1.20. The standard InChI is InChI=1S/C19H21F2N3O4/c20-19(21)5-6-22-12(8-19)10-28-13-1-2-14-11(7-13)9-24(18(14)27)15-3-4-16(25)23-17(15)26/h1-2,7,12,15,22H,3-6,8-10H2,(H,23,25,26). The SMILES string of the molecule is O=C1CCC(N2Cc3cc(OCC4CC(F)(F)CCN4)ccc3C2=O)C(=O)N1. The van der Waals surface area contributed by atoms with Gasteiger partial charge in [0.25, 0.3) is 11.8 Å². The zero-order valence-corrected chi connectivity index (χ0v) is 15.2. The number of piperidine rings is 2. The number of halogens is 2. The number of nitrogens with one attached hydrogen (secondary N) is 2. The lowest BCUT2D eigenvalue weighted by molar-refractivity contribution is -0.136. The third-order valence-electron chi connectivity index (χ3n) is 5.41. The van der Waals surface area contributed by atoms with Gasteiger partial charge in [-0.3, -0.25) is 19.7 Å². The Kier molecular flexibility index (Phi) is 4.78. The summed E-state index contributed by atoms with van der Waals surface area (Å²) < 4.78 is 32.6. The van der Waals surface area contributed by atoms with Crippen molar-refractivity contribution in [2.24, 2.45) is 0 Å². The normalized spacial score (nSPS) is 26.8. The summed E-state index contributed by atoms with van der Waals surface area (Å²) >= 11 is 0. The minimum atomic E-state index is -2.67. The van der Waals surface area contributed by atoms with E-state index in [0.717, 1.165) is 0 Å². The molecule has 0 bridgehead atoms. The Balaban J connectivity index is 1.41. The monoisotopic (exact) mass is 393 g/mol. The van der Waals surface area contributed by atoms with Gasteiger partial charge in [-0.25, -0.2) is 8.78 Å². The van der Waals surface area contributed by atoms with Crippen molar-refractivity contribution in [2.45, 2.75) is 50.2 Å². The van der Waals surface area contributed by atoms with Crippen LogP contribution in [0.25, 0.3) is 0 Å². The van der Waals surface area contributed by atoms with E-state index in [4.69, 9.17) is 4.74 Å². The van der Waals surface area contributed by atoms with E-state index in [-0.39, 0.29) is 50.8 Å². The van der Waals surface area contributed by atoms with Gasteiger partial charge in [-0.2, -0.15) is 0 Å². The number of benzene rings is 1. The Morgan fingerprint density at radius 3 is 2.82 bits per heavy atom. The van der Waals surface area contributed by atoms with Crippen LogP contribution in [0.15, 0.2) is 18.2 Å². The summed E-state index contributed by atoms with van der Waals surface area (Å²) in [5.74, 6) is -3.23. The molecule has 28 heavy (non-hydrogen) atoms. The van der Waals surface area contributed by atoms with Crippen LogP contribution in [0.4, 0.5) is 8.78 Å². The number of carbonyl (C=O) groups is 3. The molecule has 0 aromatic heterocycles. The van der Waals surface area contributed by atoms with Gasteiger partial charge in [0.1, 0.15) is 18.4 Å². The number of amides is 3. The number of fused-ring (bicyclic) bond motifs is 1. The lowest BCUT2D eigenvalue weighted by Gasteiger charge is -2.30. The molecule has 3 aliphatic rings. The number of alkyl halides is 2. The molecular formula is C19H21F2N3O4. The number of imide groups is 1. The quantitative estimate of drug-likeness (QED) is 0.751. The number of nitrogens with zero attached hydrogens (tertiary/aromatic N) is 1. The van der Waals surface area contributed by atoms with E-state index in [1.165, 1.54) is 4.90 Å². The minimum Gasteiger partial charge on any atom is -0.492 e. The highest BCUT2D eigenvalue weighted by atomic mass is 19.3. The molecule has 3 aliphatic heterocycles. The van der Waals surface area contributed by atoms with E-state index >= 15 is 0 Å². The maximum atomic E-state index is 13.5. The first kappa shape index (κ1) is 18.8. The number of hydrogen-bond acceptors (Lipinski definition) is 5. The Bertz CT molecular complexity index is 829. The lowest BCUT2D eigenvalue weighted by Crippen LogP contribution is -2.52. The minimum absolute atomic E-state index is 0.110. The van der Waals surface area contributed by atoms with Gasteiger partial charge in [0.2, 0.25) is 11.8 Å². The fourth-order valence-electron chi connectivity index (χ4n) is 3.95. The Morgan fingerprint density at radius 2 is 2.07 bits per heavy atom. The third-order valence-corrected chi connectivity index (χ3v) is 5.41. The summed E-state index contributed by atoms with van der Waals surface area (Å²) in [6.45, 7) is 0.608.